The number of methoxy groups -OCH3 is 1. The van der Waals surface area contributed by atoms with Gasteiger partial charge in [-0.1, -0.05) is 6.07 Å². The van der Waals surface area contributed by atoms with E-state index in [4.69, 9.17) is 19.8 Å². The second kappa shape index (κ2) is 10.7. The Kier molecular flexibility index (Phi) is 7.75. The Balaban J connectivity index is 1.24. The van der Waals surface area contributed by atoms with Gasteiger partial charge in [0.2, 0.25) is 5.96 Å². The molecule has 1 aliphatic carbocycles. The Morgan fingerprint density at radius 3 is 2.75 bits per heavy atom. The summed E-state index contributed by atoms with van der Waals surface area (Å²) in [4.78, 5) is 14.1. The molecule has 0 aromatic heterocycles. The van der Waals surface area contributed by atoms with E-state index in [9.17, 15) is 4.39 Å². The average Bonchev–Trinajstić information content (AvgIpc) is 3.28. The van der Waals surface area contributed by atoms with E-state index in [1.807, 2.05) is 6.07 Å². The third-order valence-corrected chi connectivity index (χ3v) is 7.14. The van der Waals surface area contributed by atoms with Gasteiger partial charge in [-0.3, -0.25) is 9.89 Å². The first-order valence-corrected chi connectivity index (χ1v) is 11.8. The number of hydrogen-bond donors (Lipinski definition) is 2. The predicted octanol–water partition coefficient (Wildman–Crippen LogP) is 2.32. The van der Waals surface area contributed by atoms with Crippen LogP contribution in [-0.2, 0) is 0 Å². The highest BCUT2D eigenvalue weighted by Gasteiger charge is 2.32. The first kappa shape index (κ1) is 23.1. The van der Waals surface area contributed by atoms with E-state index < -0.39 is 0 Å². The molecule has 1 saturated carbocycles. The molecule has 2 N–H and O–H groups in total. The normalized spacial score (nSPS) is 27.4. The number of aliphatic hydroxyl groups excluding tert-OH is 1. The standard InChI is InChI=1S/C24H36FN5O2/c1-17(18-4-6-22(25)23(14-18)32-2)28-21-5-3-19(13-21)20-15-26-24(27-16-20)30-9-7-29(8-10-30)11-12-31/h4,6,14-15,17,19-21,28,31H,3,5,7-13,16H2,1-2H3. The third kappa shape index (κ3) is 5.47. The Morgan fingerprint density at radius 1 is 1.25 bits per heavy atom. The molecule has 1 saturated heterocycles. The van der Waals surface area contributed by atoms with Crippen LogP contribution in [0.4, 0.5) is 4.39 Å². The first-order valence-electron chi connectivity index (χ1n) is 11.8. The molecule has 1 aromatic carbocycles. The van der Waals surface area contributed by atoms with Crippen LogP contribution in [0, 0.1) is 17.7 Å². The van der Waals surface area contributed by atoms with Crippen LogP contribution in [0.5, 0.6) is 5.75 Å². The number of piperazine rings is 1. The number of nitrogens with zero attached hydrogens (tertiary/aromatic N) is 4. The number of aliphatic hydroxyl groups is 1. The zero-order valence-corrected chi connectivity index (χ0v) is 19.2. The van der Waals surface area contributed by atoms with Crippen molar-refractivity contribution >= 4 is 12.2 Å². The monoisotopic (exact) mass is 445 g/mol. The smallest absolute Gasteiger partial charge is 0.220 e. The van der Waals surface area contributed by atoms with E-state index in [2.05, 4.69) is 28.3 Å². The van der Waals surface area contributed by atoms with E-state index >= 15 is 0 Å². The van der Waals surface area contributed by atoms with Crippen molar-refractivity contribution in [3.8, 4) is 5.75 Å². The number of halogens is 1. The summed E-state index contributed by atoms with van der Waals surface area (Å²) >= 11 is 0. The first-order chi connectivity index (χ1) is 15.6. The molecule has 7 nitrogen and oxygen atoms in total. The van der Waals surface area contributed by atoms with Crippen molar-refractivity contribution in [2.24, 2.45) is 21.8 Å². The van der Waals surface area contributed by atoms with Crippen LogP contribution in [0.2, 0.25) is 0 Å². The van der Waals surface area contributed by atoms with Gasteiger partial charge in [0.15, 0.2) is 11.6 Å². The maximum absolute atomic E-state index is 13.7. The van der Waals surface area contributed by atoms with Crippen LogP contribution >= 0.6 is 0 Å². The van der Waals surface area contributed by atoms with Crippen molar-refractivity contribution in [2.75, 3.05) is 53.0 Å². The van der Waals surface area contributed by atoms with Crippen molar-refractivity contribution < 1.29 is 14.2 Å². The molecule has 0 amide bonds. The predicted molar refractivity (Wildman–Crippen MR) is 125 cm³/mol. The Labute approximate surface area is 190 Å². The quantitative estimate of drug-likeness (QED) is 0.674. The number of hydrogen-bond acceptors (Lipinski definition) is 7. The topological polar surface area (TPSA) is 72.7 Å². The Morgan fingerprint density at radius 2 is 2.06 bits per heavy atom. The highest BCUT2D eigenvalue weighted by molar-refractivity contribution is 5.90. The van der Waals surface area contributed by atoms with Gasteiger partial charge >= 0.3 is 0 Å². The van der Waals surface area contributed by atoms with Gasteiger partial charge in [0.05, 0.1) is 20.3 Å². The van der Waals surface area contributed by atoms with Gasteiger partial charge in [0, 0.05) is 56.9 Å². The fraction of sp³-hybridized carbons (Fsp3) is 0.667. The summed E-state index contributed by atoms with van der Waals surface area (Å²) in [5, 5.41) is 12.8. The molecule has 176 valence electrons. The maximum Gasteiger partial charge on any atom is 0.220 e. The highest BCUT2D eigenvalue weighted by Crippen LogP contribution is 2.34. The van der Waals surface area contributed by atoms with Gasteiger partial charge in [-0.05, 0) is 49.8 Å². The van der Waals surface area contributed by atoms with Crippen molar-refractivity contribution in [3.63, 3.8) is 0 Å². The number of nitrogens with one attached hydrogen (secondary N) is 1. The lowest BCUT2D eigenvalue weighted by atomic mass is 9.91. The molecule has 4 rings (SSSR count). The van der Waals surface area contributed by atoms with Gasteiger partial charge < -0.3 is 20.1 Å². The minimum absolute atomic E-state index is 0.141. The van der Waals surface area contributed by atoms with E-state index in [0.717, 1.165) is 63.6 Å². The van der Waals surface area contributed by atoms with E-state index in [1.165, 1.54) is 19.6 Å². The summed E-state index contributed by atoms with van der Waals surface area (Å²) < 4.78 is 18.8. The number of benzene rings is 1. The number of rotatable bonds is 7. The molecule has 32 heavy (non-hydrogen) atoms. The second-order valence-corrected chi connectivity index (χ2v) is 9.19. The summed E-state index contributed by atoms with van der Waals surface area (Å²) in [7, 11) is 1.50. The third-order valence-electron chi connectivity index (χ3n) is 7.14. The van der Waals surface area contributed by atoms with E-state index in [0.29, 0.717) is 23.6 Å². The summed E-state index contributed by atoms with van der Waals surface area (Å²) in [5.41, 5.74) is 1.04. The molecule has 2 aliphatic heterocycles. The van der Waals surface area contributed by atoms with Crippen molar-refractivity contribution in [1.82, 2.24) is 15.1 Å². The average molecular weight is 446 g/mol. The van der Waals surface area contributed by atoms with Crippen LogP contribution in [0.1, 0.15) is 37.8 Å². The number of guanidine groups is 1. The van der Waals surface area contributed by atoms with Crippen molar-refractivity contribution in [2.45, 2.75) is 38.3 Å². The lowest BCUT2D eigenvalue weighted by Crippen LogP contribution is -2.49. The largest absolute Gasteiger partial charge is 0.494 e. The molecular formula is C24H36FN5O2. The minimum atomic E-state index is -0.326. The van der Waals surface area contributed by atoms with E-state index in [-0.39, 0.29) is 18.5 Å². The maximum atomic E-state index is 13.7. The van der Waals surface area contributed by atoms with Crippen molar-refractivity contribution in [3.05, 3.63) is 29.6 Å². The van der Waals surface area contributed by atoms with Gasteiger partial charge in [-0.25, -0.2) is 9.38 Å². The number of aliphatic imine (C=N–C) groups is 2. The Bertz CT molecular complexity index is 825. The molecule has 3 aliphatic rings. The summed E-state index contributed by atoms with van der Waals surface area (Å²) in [6, 6.07) is 5.68. The van der Waals surface area contributed by atoms with E-state index in [1.54, 1.807) is 6.07 Å². The van der Waals surface area contributed by atoms with Gasteiger partial charge in [0.25, 0.3) is 0 Å². The summed E-state index contributed by atoms with van der Waals surface area (Å²) in [6.45, 7) is 7.64. The minimum Gasteiger partial charge on any atom is -0.494 e. The SMILES string of the molecule is COc1cc(C(C)NC2CCC(C3C=NC(N4CCN(CCO)CC4)=NC3)C2)ccc1F. The number of β-amino-alcohol motifs (C(OH)–C–C–N with tert-alkyl or cyclic N) is 1. The van der Waals surface area contributed by atoms with Crippen LogP contribution in [-0.4, -0.2) is 86.1 Å². The molecule has 2 fully saturated rings. The van der Waals surface area contributed by atoms with Crippen molar-refractivity contribution in [1.29, 1.82) is 0 Å². The fourth-order valence-corrected chi connectivity index (χ4v) is 5.15. The lowest BCUT2D eigenvalue weighted by Gasteiger charge is -2.36. The van der Waals surface area contributed by atoms with Crippen LogP contribution in [0.25, 0.3) is 0 Å². The Hall–Kier alpha value is -2.03. The summed E-state index contributed by atoms with van der Waals surface area (Å²) in [6.07, 6.45) is 5.56. The molecule has 4 atom stereocenters. The van der Waals surface area contributed by atoms with Crippen LogP contribution in [0.3, 0.4) is 0 Å². The lowest BCUT2D eigenvalue weighted by molar-refractivity contribution is 0.146. The van der Waals surface area contributed by atoms with Gasteiger partial charge in [-0.2, -0.15) is 0 Å². The zero-order chi connectivity index (χ0) is 22.5. The fourth-order valence-electron chi connectivity index (χ4n) is 5.15. The van der Waals surface area contributed by atoms with Gasteiger partial charge in [0.1, 0.15) is 0 Å². The molecule has 4 unspecified atom stereocenters. The highest BCUT2D eigenvalue weighted by atomic mass is 19.1. The molecule has 0 bridgehead atoms. The van der Waals surface area contributed by atoms with Crippen LogP contribution in [0.15, 0.2) is 28.2 Å². The summed E-state index contributed by atoms with van der Waals surface area (Å²) in [5.74, 6) is 1.84. The van der Waals surface area contributed by atoms with Gasteiger partial charge in [-0.15, -0.1) is 0 Å². The molecule has 0 radical (unpaired) electrons. The van der Waals surface area contributed by atoms with Crippen LogP contribution < -0.4 is 10.1 Å². The molecule has 2 heterocycles. The molecular weight excluding hydrogens is 409 g/mol. The molecule has 8 heteroatoms. The molecule has 0 spiro atoms. The number of ether oxygens (including phenoxy) is 1. The second-order valence-electron chi connectivity index (χ2n) is 9.19. The molecule has 1 aromatic rings. The zero-order valence-electron chi connectivity index (χ0n) is 19.2.